The maximum absolute atomic E-state index is 13.1. The molecule has 0 radical (unpaired) electrons. The van der Waals surface area contributed by atoms with Crippen molar-refractivity contribution in [2.24, 2.45) is 21.6 Å². The van der Waals surface area contributed by atoms with Crippen LogP contribution < -0.4 is 22.5 Å². The van der Waals surface area contributed by atoms with Crippen molar-refractivity contribution in [1.82, 2.24) is 20.1 Å². The highest BCUT2D eigenvalue weighted by Gasteiger charge is 2.54. The molecule has 220 valence electrons. The molecule has 3 atom stereocenters. The van der Waals surface area contributed by atoms with Crippen molar-refractivity contribution in [3.05, 3.63) is 34.2 Å². The maximum atomic E-state index is 13.1. The molecule has 0 aliphatic carbocycles. The number of nitrogens with zero attached hydrogens (tertiary/aromatic N) is 5. The third kappa shape index (κ3) is 6.58. The number of hydrogen-bond acceptors (Lipinski definition) is 15. The minimum absolute atomic E-state index is 0.0765. The third-order valence-corrected chi connectivity index (χ3v) is 9.06. The van der Waals surface area contributed by atoms with Crippen molar-refractivity contribution >= 4 is 74.6 Å². The van der Waals surface area contributed by atoms with Crippen LogP contribution in [0.4, 0.5) is 5.13 Å². The summed E-state index contributed by atoms with van der Waals surface area (Å²) in [4.78, 5) is 65.5. The zero-order valence-electron chi connectivity index (χ0n) is 21.6. The van der Waals surface area contributed by atoms with Crippen LogP contribution in [0.2, 0.25) is 0 Å². The Morgan fingerprint density at radius 1 is 1.32 bits per heavy atom. The van der Waals surface area contributed by atoms with Crippen molar-refractivity contribution in [1.29, 1.82) is 0 Å². The van der Waals surface area contributed by atoms with Crippen LogP contribution in [-0.4, -0.2) is 102 Å². The van der Waals surface area contributed by atoms with Gasteiger partial charge in [0.1, 0.15) is 41.4 Å². The van der Waals surface area contributed by atoms with Gasteiger partial charge in [-0.3, -0.25) is 19.3 Å². The van der Waals surface area contributed by atoms with Crippen LogP contribution in [-0.2, 0) is 24.0 Å². The lowest BCUT2D eigenvalue weighted by Gasteiger charge is -2.49. The van der Waals surface area contributed by atoms with E-state index in [1.54, 1.807) is 6.08 Å². The number of hydrogen-bond donors (Lipinski definition) is 6. The summed E-state index contributed by atoms with van der Waals surface area (Å²) in [6.45, 7) is 2.17. The average molecular weight is 626 g/mol. The standard InChI is InChI=1S/C22H27N9O7S3/c1-2-30-12(24)5-11(23)27-22(30)41-7-9-6-39-19-15(18(35)31(19)16(9)20(36)37)28-17(34)14(10-8-40-21(25)26-10)29-38-4-3-13(32)33/h5,8,12,15,19H,2-4,6-7,23-24H2,1H3,(H2,25,26)(H,28,34)(H,32,33)(H,36,37)/b29-14-/t12?,15?,19-/m0/s1. The number of rotatable bonds is 11. The van der Waals surface area contributed by atoms with Crippen molar-refractivity contribution in [2.45, 2.75) is 30.9 Å². The highest BCUT2D eigenvalue weighted by molar-refractivity contribution is 8.14. The second-order valence-corrected chi connectivity index (χ2v) is 11.6. The van der Waals surface area contributed by atoms with Gasteiger partial charge in [0.2, 0.25) is 0 Å². The number of aromatic nitrogens is 1. The van der Waals surface area contributed by atoms with Gasteiger partial charge in [-0.25, -0.2) is 14.8 Å². The van der Waals surface area contributed by atoms with E-state index in [9.17, 15) is 24.3 Å². The summed E-state index contributed by atoms with van der Waals surface area (Å²) in [6, 6.07) is -1.04. The van der Waals surface area contributed by atoms with Crippen LogP contribution >= 0.6 is 34.9 Å². The molecule has 2 amide bonds. The van der Waals surface area contributed by atoms with E-state index >= 15 is 0 Å². The lowest BCUT2D eigenvalue weighted by molar-refractivity contribution is -0.150. The number of anilines is 1. The van der Waals surface area contributed by atoms with E-state index in [0.29, 0.717) is 17.3 Å². The number of likely N-dealkylation sites (N-methyl/N-ethyl adjacent to an activating group) is 1. The second-order valence-electron chi connectivity index (χ2n) is 8.66. The van der Waals surface area contributed by atoms with Gasteiger partial charge in [0.05, 0.1) is 6.42 Å². The summed E-state index contributed by atoms with van der Waals surface area (Å²) < 4.78 is 0. The van der Waals surface area contributed by atoms with E-state index < -0.39 is 41.3 Å². The Bertz CT molecular complexity index is 1380. The number of β-lactam (4-membered cyclic amide) rings is 1. The molecule has 41 heavy (non-hydrogen) atoms. The second kappa shape index (κ2) is 12.8. The molecule has 19 heteroatoms. The van der Waals surface area contributed by atoms with E-state index in [1.165, 1.54) is 28.9 Å². The van der Waals surface area contributed by atoms with Gasteiger partial charge in [-0.1, -0.05) is 16.9 Å². The summed E-state index contributed by atoms with van der Waals surface area (Å²) in [6.07, 6.45) is 0.805. The van der Waals surface area contributed by atoms with Gasteiger partial charge in [0, 0.05) is 23.4 Å². The first-order valence-corrected chi connectivity index (χ1v) is 15.0. The number of nitrogens with two attached hydrogens (primary N) is 3. The molecule has 1 aromatic rings. The molecule has 4 rings (SSSR count). The summed E-state index contributed by atoms with van der Waals surface area (Å²) in [7, 11) is 0. The number of carboxylic acid groups (broad SMARTS) is 2. The van der Waals surface area contributed by atoms with Gasteiger partial charge in [-0.05, 0) is 18.6 Å². The molecule has 3 aliphatic heterocycles. The van der Waals surface area contributed by atoms with Gasteiger partial charge in [0.15, 0.2) is 16.0 Å². The number of fused-ring (bicyclic) bond motifs is 1. The number of amidine groups is 1. The molecule has 4 heterocycles. The number of thiazole rings is 1. The van der Waals surface area contributed by atoms with Crippen LogP contribution in [0.3, 0.4) is 0 Å². The van der Waals surface area contributed by atoms with Gasteiger partial charge < -0.3 is 42.5 Å². The fourth-order valence-electron chi connectivity index (χ4n) is 4.07. The van der Waals surface area contributed by atoms with Crippen molar-refractivity contribution in [3.63, 3.8) is 0 Å². The Morgan fingerprint density at radius 2 is 2.07 bits per heavy atom. The molecule has 1 fully saturated rings. The molecule has 2 unspecified atom stereocenters. The van der Waals surface area contributed by atoms with E-state index in [2.05, 4.69) is 20.4 Å². The Morgan fingerprint density at radius 3 is 2.71 bits per heavy atom. The number of nitrogen functional groups attached to an aromatic ring is 1. The molecule has 0 saturated carbocycles. The van der Waals surface area contributed by atoms with Gasteiger partial charge in [-0.2, -0.15) is 0 Å². The van der Waals surface area contributed by atoms with Gasteiger partial charge >= 0.3 is 11.9 Å². The lowest BCUT2D eigenvalue weighted by Crippen LogP contribution is -2.71. The van der Waals surface area contributed by atoms with Crippen LogP contribution in [0, 0.1) is 0 Å². The van der Waals surface area contributed by atoms with E-state index in [0.717, 1.165) is 16.2 Å². The molecule has 1 saturated heterocycles. The first-order valence-electron chi connectivity index (χ1n) is 12.1. The Kier molecular flexibility index (Phi) is 9.41. The Labute approximate surface area is 245 Å². The Balaban J connectivity index is 1.48. The maximum Gasteiger partial charge on any atom is 0.352 e. The zero-order chi connectivity index (χ0) is 29.8. The minimum Gasteiger partial charge on any atom is -0.481 e. The fourth-order valence-corrected chi connectivity index (χ4v) is 7.22. The summed E-state index contributed by atoms with van der Waals surface area (Å²) >= 11 is 3.62. The highest BCUT2D eigenvalue weighted by Crippen LogP contribution is 2.41. The fraction of sp³-hybridized carbons (Fsp3) is 0.409. The summed E-state index contributed by atoms with van der Waals surface area (Å²) in [5.74, 6) is -3.03. The predicted molar refractivity (Wildman–Crippen MR) is 153 cm³/mol. The first kappa shape index (κ1) is 30.2. The lowest BCUT2D eigenvalue weighted by atomic mass is 10.0. The molecule has 9 N–H and O–H groups in total. The van der Waals surface area contributed by atoms with Gasteiger partial charge in [-0.15, -0.1) is 23.1 Å². The molecule has 16 nitrogen and oxygen atoms in total. The van der Waals surface area contributed by atoms with Crippen molar-refractivity contribution in [3.8, 4) is 0 Å². The predicted octanol–water partition coefficient (Wildman–Crippen LogP) is -0.831. The van der Waals surface area contributed by atoms with Crippen LogP contribution in [0.15, 0.2) is 38.7 Å². The monoisotopic (exact) mass is 625 g/mol. The molecule has 0 aromatic carbocycles. The molecule has 3 aliphatic rings. The quantitative estimate of drug-likeness (QED) is 0.0760. The molecule has 0 spiro atoms. The van der Waals surface area contributed by atoms with Crippen molar-refractivity contribution in [2.75, 3.05) is 30.4 Å². The molecular weight excluding hydrogens is 598 g/mol. The number of carbonyl (C=O) groups is 4. The number of aliphatic carboxylic acids is 2. The normalized spacial score (nSPS) is 22.4. The summed E-state index contributed by atoms with van der Waals surface area (Å²) in [5, 5.41) is 26.6. The van der Waals surface area contributed by atoms with E-state index in [-0.39, 0.29) is 52.6 Å². The number of amides is 2. The number of nitrogens with one attached hydrogen (secondary N) is 1. The number of carboxylic acids is 2. The van der Waals surface area contributed by atoms with Crippen LogP contribution in [0.1, 0.15) is 19.0 Å². The molecular formula is C22H27N9O7S3. The zero-order valence-corrected chi connectivity index (χ0v) is 24.0. The SMILES string of the molecule is CCN1C(SCC2=C(C(=O)O)N3C(=O)C(NC(=O)/C(=N\OCCC(=O)O)c4csc(N)n4)[C@@H]3SC2)=NC(N)=CC1N. The largest absolute Gasteiger partial charge is 0.481 e. The highest BCUT2D eigenvalue weighted by atomic mass is 32.2. The first-order chi connectivity index (χ1) is 19.5. The summed E-state index contributed by atoms with van der Waals surface area (Å²) in [5.41, 5.74) is 17.8. The van der Waals surface area contributed by atoms with E-state index in [4.69, 9.17) is 27.1 Å². The number of oxime groups is 1. The number of aliphatic imine (C=N–C) groups is 1. The Hall–Kier alpha value is -3.81. The molecule has 0 bridgehead atoms. The van der Waals surface area contributed by atoms with Gasteiger partial charge in [0.25, 0.3) is 11.8 Å². The van der Waals surface area contributed by atoms with Crippen molar-refractivity contribution < 1.29 is 34.2 Å². The third-order valence-electron chi connectivity index (χ3n) is 5.97. The minimum atomic E-state index is -1.27. The molecule has 1 aromatic heterocycles. The van der Waals surface area contributed by atoms with Crippen LogP contribution in [0.5, 0.6) is 0 Å². The topological polar surface area (TPSA) is 252 Å². The smallest absolute Gasteiger partial charge is 0.352 e. The van der Waals surface area contributed by atoms with E-state index in [1.807, 2.05) is 11.8 Å². The number of carbonyl (C=O) groups excluding carboxylic acids is 2. The van der Waals surface area contributed by atoms with Crippen LogP contribution in [0.25, 0.3) is 0 Å². The number of thioether (sulfide) groups is 2. The average Bonchev–Trinajstić information content (AvgIpc) is 3.34.